The summed E-state index contributed by atoms with van der Waals surface area (Å²) >= 11 is 0. The van der Waals surface area contributed by atoms with Gasteiger partial charge in [-0.15, -0.1) is 0 Å². The van der Waals surface area contributed by atoms with Crippen molar-refractivity contribution in [3.8, 4) is 22.8 Å². The summed E-state index contributed by atoms with van der Waals surface area (Å²) in [4.78, 5) is 17.4. The van der Waals surface area contributed by atoms with E-state index in [1.165, 1.54) is 0 Å². The van der Waals surface area contributed by atoms with Crippen molar-refractivity contribution in [2.75, 3.05) is 5.73 Å². The van der Waals surface area contributed by atoms with Gasteiger partial charge in [0, 0.05) is 29.3 Å². The van der Waals surface area contributed by atoms with Gasteiger partial charge >= 0.3 is 0 Å². The van der Waals surface area contributed by atoms with Gasteiger partial charge in [-0.1, -0.05) is 30.3 Å². The summed E-state index contributed by atoms with van der Waals surface area (Å²) in [6, 6.07) is 22.4. The molecule has 0 atom stereocenters. The SMILES string of the molecule is Nc1ccc2oc(-c3ccc(-n4ccnc4)cc3)c(OCc3ccccc3)c(=O)c2c1. The number of rotatable bonds is 5. The van der Waals surface area contributed by atoms with Crippen LogP contribution in [0, 0.1) is 0 Å². The second-order valence-corrected chi connectivity index (χ2v) is 7.14. The molecule has 0 bridgehead atoms. The third-order valence-electron chi connectivity index (χ3n) is 5.03. The van der Waals surface area contributed by atoms with Crippen LogP contribution in [-0.4, -0.2) is 9.55 Å². The Balaban J connectivity index is 1.61. The molecule has 0 saturated carbocycles. The van der Waals surface area contributed by atoms with Gasteiger partial charge in [0.2, 0.25) is 11.2 Å². The first kappa shape index (κ1) is 18.7. The van der Waals surface area contributed by atoms with Crippen LogP contribution in [0.4, 0.5) is 5.69 Å². The Bertz CT molecular complexity index is 1390. The maximum Gasteiger partial charge on any atom is 0.235 e. The molecule has 0 aliphatic heterocycles. The number of fused-ring (bicyclic) bond motifs is 1. The van der Waals surface area contributed by atoms with Crippen molar-refractivity contribution >= 4 is 16.7 Å². The molecule has 3 aromatic carbocycles. The predicted molar refractivity (Wildman–Crippen MR) is 120 cm³/mol. The summed E-state index contributed by atoms with van der Waals surface area (Å²) in [5.74, 6) is 0.549. The summed E-state index contributed by atoms with van der Waals surface area (Å²) in [6.07, 6.45) is 5.31. The number of hydrogen-bond donors (Lipinski definition) is 1. The molecular weight excluding hydrogens is 390 g/mol. The molecule has 5 aromatic rings. The van der Waals surface area contributed by atoms with Gasteiger partial charge in [0.15, 0.2) is 5.76 Å². The fourth-order valence-corrected chi connectivity index (χ4v) is 3.44. The van der Waals surface area contributed by atoms with Crippen molar-refractivity contribution in [1.29, 1.82) is 0 Å². The highest BCUT2D eigenvalue weighted by molar-refractivity contribution is 5.84. The van der Waals surface area contributed by atoms with Gasteiger partial charge < -0.3 is 19.5 Å². The van der Waals surface area contributed by atoms with Crippen LogP contribution < -0.4 is 15.9 Å². The number of imidazole rings is 1. The molecule has 0 saturated heterocycles. The average molecular weight is 409 g/mol. The number of nitrogens with two attached hydrogens (primary N) is 1. The zero-order chi connectivity index (χ0) is 21.2. The molecule has 0 amide bonds. The van der Waals surface area contributed by atoms with E-state index >= 15 is 0 Å². The van der Waals surface area contributed by atoms with Crippen molar-refractivity contribution in [3.63, 3.8) is 0 Å². The van der Waals surface area contributed by atoms with Crippen molar-refractivity contribution < 1.29 is 9.15 Å². The second-order valence-electron chi connectivity index (χ2n) is 7.14. The topological polar surface area (TPSA) is 83.3 Å². The van der Waals surface area contributed by atoms with Crippen molar-refractivity contribution in [1.82, 2.24) is 9.55 Å². The maximum absolute atomic E-state index is 13.3. The number of aromatic nitrogens is 2. The predicted octanol–water partition coefficient (Wildman–Crippen LogP) is 4.81. The average Bonchev–Trinajstić information content (AvgIpc) is 3.35. The molecule has 2 aromatic heterocycles. The largest absolute Gasteiger partial charge is 0.481 e. The molecule has 2 heterocycles. The van der Waals surface area contributed by atoms with Gasteiger partial charge in [-0.25, -0.2) is 4.98 Å². The number of benzene rings is 3. The molecular formula is C25H19N3O3. The van der Waals surface area contributed by atoms with Gasteiger partial charge in [0.05, 0.1) is 11.7 Å². The molecule has 0 unspecified atom stereocenters. The molecule has 2 N–H and O–H groups in total. The third-order valence-corrected chi connectivity index (χ3v) is 5.03. The quantitative estimate of drug-likeness (QED) is 0.421. The Morgan fingerprint density at radius 2 is 1.81 bits per heavy atom. The van der Waals surface area contributed by atoms with Gasteiger partial charge in [-0.3, -0.25) is 4.79 Å². The van der Waals surface area contributed by atoms with E-state index in [9.17, 15) is 4.79 Å². The third kappa shape index (κ3) is 3.67. The van der Waals surface area contributed by atoms with Crippen LogP contribution in [-0.2, 0) is 6.61 Å². The highest BCUT2D eigenvalue weighted by Crippen LogP contribution is 2.32. The lowest BCUT2D eigenvalue weighted by Gasteiger charge is -2.12. The van der Waals surface area contributed by atoms with E-state index < -0.39 is 0 Å². The van der Waals surface area contributed by atoms with E-state index in [0.29, 0.717) is 22.4 Å². The monoisotopic (exact) mass is 409 g/mol. The first-order valence-corrected chi connectivity index (χ1v) is 9.81. The van der Waals surface area contributed by atoms with Crippen molar-refractivity contribution in [2.45, 2.75) is 6.61 Å². The van der Waals surface area contributed by atoms with Crippen LogP contribution in [0.25, 0.3) is 28.0 Å². The van der Waals surface area contributed by atoms with Crippen LogP contribution in [0.15, 0.2) is 101 Å². The number of ether oxygens (including phenoxy) is 1. The molecule has 0 aliphatic carbocycles. The summed E-state index contributed by atoms with van der Waals surface area (Å²) in [7, 11) is 0. The van der Waals surface area contributed by atoms with Gasteiger partial charge in [0.1, 0.15) is 12.2 Å². The Morgan fingerprint density at radius 3 is 2.55 bits per heavy atom. The van der Waals surface area contributed by atoms with E-state index in [1.807, 2.05) is 65.4 Å². The Kier molecular flexibility index (Phi) is 4.72. The normalized spacial score (nSPS) is 11.0. The van der Waals surface area contributed by atoms with Gasteiger partial charge in [0.25, 0.3) is 0 Å². The molecule has 0 aliphatic rings. The molecule has 152 valence electrons. The first-order valence-electron chi connectivity index (χ1n) is 9.81. The minimum absolute atomic E-state index is 0.164. The van der Waals surface area contributed by atoms with Crippen LogP contribution in [0.1, 0.15) is 5.56 Å². The maximum atomic E-state index is 13.3. The van der Waals surface area contributed by atoms with Crippen molar-refractivity contribution in [3.05, 3.63) is 107 Å². The Morgan fingerprint density at radius 1 is 1.00 bits per heavy atom. The number of anilines is 1. The van der Waals surface area contributed by atoms with Crippen LogP contribution in [0.3, 0.4) is 0 Å². The van der Waals surface area contributed by atoms with Crippen molar-refractivity contribution in [2.24, 2.45) is 0 Å². The fraction of sp³-hybridized carbons (Fsp3) is 0.0400. The Labute approximate surface area is 178 Å². The molecule has 0 spiro atoms. The smallest absolute Gasteiger partial charge is 0.235 e. The molecule has 6 heteroatoms. The lowest BCUT2D eigenvalue weighted by molar-refractivity contribution is 0.298. The van der Waals surface area contributed by atoms with E-state index in [2.05, 4.69) is 4.98 Å². The first-order chi connectivity index (χ1) is 15.2. The lowest BCUT2D eigenvalue weighted by atomic mass is 10.1. The van der Waals surface area contributed by atoms with E-state index in [4.69, 9.17) is 14.9 Å². The highest BCUT2D eigenvalue weighted by Gasteiger charge is 2.18. The zero-order valence-corrected chi connectivity index (χ0v) is 16.6. The van der Waals surface area contributed by atoms with Crippen LogP contribution in [0.5, 0.6) is 5.75 Å². The Hall–Kier alpha value is -4.32. The molecule has 0 fully saturated rings. The van der Waals surface area contributed by atoms with Crippen LogP contribution in [0.2, 0.25) is 0 Å². The van der Waals surface area contributed by atoms with E-state index in [0.717, 1.165) is 16.8 Å². The summed E-state index contributed by atoms with van der Waals surface area (Å²) in [5, 5.41) is 0.391. The molecule has 5 rings (SSSR count). The minimum atomic E-state index is -0.252. The van der Waals surface area contributed by atoms with Crippen LogP contribution >= 0.6 is 0 Å². The standard InChI is InChI=1S/C25H19N3O3/c26-19-8-11-22-21(14-19)23(29)25(30-15-17-4-2-1-3-5-17)24(31-22)18-6-9-20(10-7-18)28-13-12-27-16-28/h1-14,16H,15,26H2. The zero-order valence-electron chi connectivity index (χ0n) is 16.6. The second kappa shape index (κ2) is 7.84. The summed E-state index contributed by atoms with van der Waals surface area (Å²) < 4.78 is 14.0. The van der Waals surface area contributed by atoms with Gasteiger partial charge in [-0.05, 0) is 48.0 Å². The molecule has 31 heavy (non-hydrogen) atoms. The van der Waals surface area contributed by atoms with E-state index in [-0.39, 0.29) is 17.8 Å². The molecule has 6 nitrogen and oxygen atoms in total. The fourth-order valence-electron chi connectivity index (χ4n) is 3.44. The summed E-state index contributed by atoms with van der Waals surface area (Å²) in [6.45, 7) is 0.250. The molecule has 0 radical (unpaired) electrons. The number of nitrogen functional groups attached to an aromatic ring is 1. The van der Waals surface area contributed by atoms with Gasteiger partial charge in [-0.2, -0.15) is 0 Å². The summed E-state index contributed by atoms with van der Waals surface area (Å²) in [5.41, 5.74) is 9.23. The number of nitrogens with zero attached hydrogens (tertiary/aromatic N) is 2. The van der Waals surface area contributed by atoms with E-state index in [1.54, 1.807) is 30.7 Å². The lowest BCUT2D eigenvalue weighted by Crippen LogP contribution is -2.10. The minimum Gasteiger partial charge on any atom is -0.481 e. The highest BCUT2D eigenvalue weighted by atomic mass is 16.5. The number of hydrogen-bond acceptors (Lipinski definition) is 5.